The van der Waals surface area contributed by atoms with Crippen molar-refractivity contribution < 1.29 is 13.2 Å². The predicted molar refractivity (Wildman–Crippen MR) is 103 cm³/mol. The summed E-state index contributed by atoms with van der Waals surface area (Å²) in [7, 11) is -3.30. The van der Waals surface area contributed by atoms with Crippen molar-refractivity contribution in [3.63, 3.8) is 0 Å². The molecule has 7 heteroatoms. The third kappa shape index (κ3) is 4.37. The van der Waals surface area contributed by atoms with Crippen molar-refractivity contribution in [3.8, 4) is 0 Å². The maximum Gasteiger partial charge on any atom is 0.261 e. The maximum atomic E-state index is 12.5. The molecule has 3 aromatic rings. The van der Waals surface area contributed by atoms with Crippen molar-refractivity contribution in [3.05, 3.63) is 65.0 Å². The largest absolute Gasteiger partial charge is 0.345 e. The molecule has 0 radical (unpaired) electrons. The SMILES string of the molecule is C[C@@H](NC(=O)c1cc2ccccc2s1)c1ccc(NS(C)(=O)=O)cc1. The number of thiophene rings is 1. The summed E-state index contributed by atoms with van der Waals surface area (Å²) in [4.78, 5) is 13.1. The molecule has 2 N–H and O–H groups in total. The summed E-state index contributed by atoms with van der Waals surface area (Å²) in [5.74, 6) is -0.118. The Labute approximate surface area is 150 Å². The van der Waals surface area contributed by atoms with E-state index in [-0.39, 0.29) is 11.9 Å². The Kier molecular flexibility index (Phi) is 4.78. The lowest BCUT2D eigenvalue weighted by Crippen LogP contribution is -2.25. The van der Waals surface area contributed by atoms with E-state index in [0.29, 0.717) is 10.6 Å². The number of nitrogens with one attached hydrogen (secondary N) is 2. The molecule has 1 amide bonds. The number of carbonyl (C=O) groups excluding carboxylic acids is 1. The van der Waals surface area contributed by atoms with Gasteiger partial charge < -0.3 is 5.32 Å². The highest BCUT2D eigenvalue weighted by Crippen LogP contribution is 2.26. The van der Waals surface area contributed by atoms with Crippen LogP contribution in [0.5, 0.6) is 0 Å². The van der Waals surface area contributed by atoms with Gasteiger partial charge in [-0.15, -0.1) is 11.3 Å². The summed E-state index contributed by atoms with van der Waals surface area (Å²) in [6, 6.07) is 16.5. The zero-order chi connectivity index (χ0) is 18.0. The van der Waals surface area contributed by atoms with Gasteiger partial charge in [0.05, 0.1) is 17.2 Å². The van der Waals surface area contributed by atoms with Crippen LogP contribution in [0.15, 0.2) is 54.6 Å². The Balaban J connectivity index is 1.70. The minimum absolute atomic E-state index is 0.118. The fourth-order valence-electron chi connectivity index (χ4n) is 2.50. The normalized spacial score (nSPS) is 12.7. The van der Waals surface area contributed by atoms with Gasteiger partial charge in [0.15, 0.2) is 0 Å². The van der Waals surface area contributed by atoms with Crippen LogP contribution < -0.4 is 10.0 Å². The van der Waals surface area contributed by atoms with Crippen LogP contribution in [0.25, 0.3) is 10.1 Å². The number of fused-ring (bicyclic) bond motifs is 1. The van der Waals surface area contributed by atoms with Crippen LogP contribution in [0.4, 0.5) is 5.69 Å². The van der Waals surface area contributed by atoms with Gasteiger partial charge in [-0.2, -0.15) is 0 Å². The van der Waals surface area contributed by atoms with E-state index in [1.165, 1.54) is 11.3 Å². The molecule has 0 aliphatic heterocycles. The minimum atomic E-state index is -3.30. The highest BCUT2D eigenvalue weighted by molar-refractivity contribution is 7.92. The first-order valence-electron chi connectivity index (χ1n) is 7.69. The maximum absolute atomic E-state index is 12.5. The third-order valence-electron chi connectivity index (χ3n) is 3.71. The molecule has 130 valence electrons. The van der Waals surface area contributed by atoms with Crippen LogP contribution in [-0.2, 0) is 10.0 Å². The highest BCUT2D eigenvalue weighted by Gasteiger charge is 2.14. The minimum Gasteiger partial charge on any atom is -0.345 e. The van der Waals surface area contributed by atoms with Gasteiger partial charge in [-0.3, -0.25) is 9.52 Å². The Morgan fingerprint density at radius 2 is 1.76 bits per heavy atom. The molecular weight excluding hydrogens is 356 g/mol. The molecule has 0 saturated heterocycles. The van der Waals surface area contributed by atoms with Crippen LogP contribution in [0.1, 0.15) is 28.2 Å². The van der Waals surface area contributed by atoms with Crippen LogP contribution in [0.3, 0.4) is 0 Å². The van der Waals surface area contributed by atoms with Gasteiger partial charge in [-0.25, -0.2) is 8.42 Å². The average Bonchev–Trinajstić information content (AvgIpc) is 2.98. The second-order valence-corrected chi connectivity index (χ2v) is 8.67. The highest BCUT2D eigenvalue weighted by atomic mass is 32.2. The first kappa shape index (κ1) is 17.4. The van der Waals surface area contributed by atoms with E-state index >= 15 is 0 Å². The van der Waals surface area contributed by atoms with E-state index in [1.54, 1.807) is 24.3 Å². The fraction of sp³-hybridized carbons (Fsp3) is 0.167. The number of anilines is 1. The lowest BCUT2D eigenvalue weighted by atomic mass is 10.1. The molecule has 1 aromatic heterocycles. The zero-order valence-corrected chi connectivity index (χ0v) is 15.4. The van der Waals surface area contributed by atoms with Crippen LogP contribution >= 0.6 is 11.3 Å². The number of hydrogen-bond acceptors (Lipinski definition) is 4. The molecular formula is C18H18N2O3S2. The molecule has 2 aromatic carbocycles. The lowest BCUT2D eigenvalue weighted by Gasteiger charge is -2.14. The second kappa shape index (κ2) is 6.85. The summed E-state index contributed by atoms with van der Waals surface area (Å²) < 4.78 is 26.0. The van der Waals surface area contributed by atoms with Gasteiger partial charge >= 0.3 is 0 Å². The number of amides is 1. The molecule has 25 heavy (non-hydrogen) atoms. The van der Waals surface area contributed by atoms with Crippen molar-refractivity contribution in [1.29, 1.82) is 0 Å². The van der Waals surface area contributed by atoms with E-state index in [1.807, 2.05) is 37.3 Å². The first-order chi connectivity index (χ1) is 11.8. The monoisotopic (exact) mass is 374 g/mol. The van der Waals surface area contributed by atoms with Crippen molar-refractivity contribution in [2.24, 2.45) is 0 Å². The molecule has 0 aliphatic rings. The molecule has 0 fully saturated rings. The van der Waals surface area contributed by atoms with Crippen molar-refractivity contribution in [1.82, 2.24) is 5.32 Å². The Bertz CT molecular complexity index is 975. The standard InChI is InChI=1S/C18H18N2O3S2/c1-12(13-7-9-15(10-8-13)20-25(2,22)23)19-18(21)17-11-14-5-3-4-6-16(14)24-17/h3-12,20H,1-2H3,(H,19,21)/t12-/m1/s1. The van der Waals surface area contributed by atoms with Crippen molar-refractivity contribution in [2.45, 2.75) is 13.0 Å². The third-order valence-corrected chi connectivity index (χ3v) is 5.43. The van der Waals surface area contributed by atoms with Crippen LogP contribution in [0.2, 0.25) is 0 Å². The lowest BCUT2D eigenvalue weighted by molar-refractivity contribution is 0.0944. The van der Waals surface area contributed by atoms with Gasteiger partial charge in [-0.1, -0.05) is 30.3 Å². The van der Waals surface area contributed by atoms with E-state index in [2.05, 4.69) is 10.0 Å². The van der Waals surface area contributed by atoms with Crippen LogP contribution in [-0.4, -0.2) is 20.6 Å². The van der Waals surface area contributed by atoms with Crippen molar-refractivity contribution in [2.75, 3.05) is 11.0 Å². The second-order valence-electron chi connectivity index (χ2n) is 5.84. The Hall–Kier alpha value is -2.38. The number of sulfonamides is 1. The Morgan fingerprint density at radius 3 is 2.40 bits per heavy atom. The summed E-state index contributed by atoms with van der Waals surface area (Å²) in [5.41, 5.74) is 1.39. The van der Waals surface area contributed by atoms with Gasteiger partial charge in [0.1, 0.15) is 0 Å². The molecule has 5 nitrogen and oxygen atoms in total. The number of carbonyl (C=O) groups is 1. The number of benzene rings is 2. The Morgan fingerprint density at radius 1 is 1.08 bits per heavy atom. The first-order valence-corrected chi connectivity index (χ1v) is 10.4. The van der Waals surface area contributed by atoms with E-state index in [0.717, 1.165) is 21.9 Å². The van der Waals surface area contributed by atoms with E-state index in [4.69, 9.17) is 0 Å². The average molecular weight is 374 g/mol. The molecule has 0 unspecified atom stereocenters. The molecule has 1 heterocycles. The molecule has 0 aliphatic carbocycles. The molecule has 0 spiro atoms. The summed E-state index contributed by atoms with van der Waals surface area (Å²) >= 11 is 1.46. The van der Waals surface area contributed by atoms with Crippen LogP contribution in [0, 0.1) is 0 Å². The van der Waals surface area contributed by atoms with E-state index in [9.17, 15) is 13.2 Å². The quantitative estimate of drug-likeness (QED) is 0.714. The fourth-order valence-corrected chi connectivity index (χ4v) is 4.03. The summed E-state index contributed by atoms with van der Waals surface area (Å²) in [6.07, 6.45) is 1.11. The number of hydrogen-bond donors (Lipinski definition) is 2. The topological polar surface area (TPSA) is 75.3 Å². The van der Waals surface area contributed by atoms with Gasteiger partial charge in [0.25, 0.3) is 5.91 Å². The van der Waals surface area contributed by atoms with Crippen molar-refractivity contribution >= 4 is 43.0 Å². The van der Waals surface area contributed by atoms with Gasteiger partial charge in [-0.05, 0) is 42.1 Å². The zero-order valence-electron chi connectivity index (χ0n) is 13.8. The smallest absolute Gasteiger partial charge is 0.261 e. The van der Waals surface area contributed by atoms with Gasteiger partial charge in [0.2, 0.25) is 10.0 Å². The molecule has 1 atom stereocenters. The van der Waals surface area contributed by atoms with Gasteiger partial charge in [0, 0.05) is 10.4 Å². The molecule has 3 rings (SSSR count). The predicted octanol–water partition coefficient (Wildman–Crippen LogP) is 3.76. The summed E-state index contributed by atoms with van der Waals surface area (Å²) in [5, 5.41) is 4.03. The molecule has 0 bridgehead atoms. The summed E-state index contributed by atoms with van der Waals surface area (Å²) in [6.45, 7) is 1.89. The number of rotatable bonds is 5. The van der Waals surface area contributed by atoms with E-state index < -0.39 is 10.0 Å². The molecule has 0 saturated carbocycles.